The Labute approximate surface area is 133 Å². The molecule has 0 aliphatic carbocycles. The van der Waals surface area contributed by atoms with E-state index in [1.807, 2.05) is 24.3 Å². The molecule has 0 aliphatic heterocycles. The van der Waals surface area contributed by atoms with Crippen LogP contribution in [0.25, 0.3) is 0 Å². The van der Waals surface area contributed by atoms with Gasteiger partial charge in [0.25, 0.3) is 0 Å². The average Bonchev–Trinajstić information content (AvgIpc) is 2.58. The van der Waals surface area contributed by atoms with Gasteiger partial charge < -0.3 is 15.8 Å². The topological polar surface area (TPSA) is 47.3 Å². The Morgan fingerprint density at radius 3 is 2.55 bits per heavy atom. The fraction of sp³-hybridized carbons (Fsp3) is 0.368. The number of hydrogen-bond donors (Lipinski definition) is 2. The number of nitrogens with one attached hydrogen (secondary N) is 1. The molecular weight excluding hydrogens is 272 g/mol. The lowest BCUT2D eigenvalue weighted by Crippen LogP contribution is -2.34. The van der Waals surface area contributed by atoms with Crippen LogP contribution in [0.15, 0.2) is 54.6 Å². The minimum absolute atomic E-state index is 0.466. The van der Waals surface area contributed by atoms with Crippen molar-refractivity contribution in [3.8, 4) is 5.75 Å². The van der Waals surface area contributed by atoms with Gasteiger partial charge in [0.1, 0.15) is 12.4 Å². The SMILES string of the molecule is CCC(Cc1cccc(OCc2ccccc2)c1)NCCN. The molecule has 0 heterocycles. The van der Waals surface area contributed by atoms with Crippen molar-refractivity contribution in [2.24, 2.45) is 5.73 Å². The molecule has 2 rings (SSSR count). The summed E-state index contributed by atoms with van der Waals surface area (Å²) >= 11 is 0. The molecule has 3 N–H and O–H groups in total. The third kappa shape index (κ3) is 5.51. The predicted octanol–water partition coefficient (Wildman–Crippen LogP) is 3.13. The summed E-state index contributed by atoms with van der Waals surface area (Å²) in [4.78, 5) is 0. The number of nitrogens with two attached hydrogens (primary N) is 1. The fourth-order valence-corrected chi connectivity index (χ4v) is 2.44. The summed E-state index contributed by atoms with van der Waals surface area (Å²) in [6.45, 7) is 4.34. The summed E-state index contributed by atoms with van der Waals surface area (Å²) in [7, 11) is 0. The highest BCUT2D eigenvalue weighted by Crippen LogP contribution is 2.17. The summed E-state index contributed by atoms with van der Waals surface area (Å²) in [6, 6.07) is 19.1. The Morgan fingerprint density at radius 2 is 1.82 bits per heavy atom. The van der Waals surface area contributed by atoms with Crippen LogP contribution in [-0.4, -0.2) is 19.1 Å². The Hall–Kier alpha value is -1.84. The third-order valence-corrected chi connectivity index (χ3v) is 3.70. The molecule has 22 heavy (non-hydrogen) atoms. The van der Waals surface area contributed by atoms with Crippen LogP contribution in [0, 0.1) is 0 Å². The Kier molecular flexibility index (Phi) is 6.94. The highest BCUT2D eigenvalue weighted by molar-refractivity contribution is 5.29. The number of ether oxygens (including phenoxy) is 1. The van der Waals surface area contributed by atoms with Gasteiger partial charge in [0.2, 0.25) is 0 Å². The molecule has 0 aliphatic rings. The molecule has 3 heteroatoms. The zero-order valence-electron chi connectivity index (χ0n) is 13.3. The van der Waals surface area contributed by atoms with Gasteiger partial charge in [-0.3, -0.25) is 0 Å². The molecular formula is C19H26N2O. The largest absolute Gasteiger partial charge is 0.489 e. The van der Waals surface area contributed by atoms with Crippen LogP contribution in [0.5, 0.6) is 5.75 Å². The van der Waals surface area contributed by atoms with E-state index in [9.17, 15) is 0 Å². The summed E-state index contributed by atoms with van der Waals surface area (Å²) in [5, 5.41) is 3.48. The lowest BCUT2D eigenvalue weighted by Gasteiger charge is -2.17. The van der Waals surface area contributed by atoms with Gasteiger partial charge in [-0.25, -0.2) is 0 Å². The van der Waals surface area contributed by atoms with E-state index in [2.05, 4.69) is 42.6 Å². The maximum absolute atomic E-state index is 5.89. The van der Waals surface area contributed by atoms with Crippen molar-refractivity contribution in [2.45, 2.75) is 32.4 Å². The zero-order chi connectivity index (χ0) is 15.6. The Morgan fingerprint density at radius 1 is 1.05 bits per heavy atom. The molecule has 1 atom stereocenters. The zero-order valence-corrected chi connectivity index (χ0v) is 13.3. The van der Waals surface area contributed by atoms with Crippen molar-refractivity contribution in [3.05, 3.63) is 65.7 Å². The highest BCUT2D eigenvalue weighted by atomic mass is 16.5. The standard InChI is InChI=1S/C19H26N2O/c1-2-18(21-12-11-20)13-17-9-6-10-19(14-17)22-15-16-7-4-3-5-8-16/h3-10,14,18,21H,2,11-13,15,20H2,1H3. The second-order valence-corrected chi connectivity index (χ2v) is 5.47. The van der Waals surface area contributed by atoms with E-state index in [-0.39, 0.29) is 0 Å². The Bertz CT molecular complexity index is 542. The van der Waals surface area contributed by atoms with Crippen molar-refractivity contribution in [2.75, 3.05) is 13.1 Å². The van der Waals surface area contributed by atoms with Gasteiger partial charge in [-0.2, -0.15) is 0 Å². The third-order valence-electron chi connectivity index (χ3n) is 3.70. The van der Waals surface area contributed by atoms with E-state index in [0.717, 1.165) is 25.1 Å². The molecule has 0 saturated heterocycles. The second-order valence-electron chi connectivity index (χ2n) is 5.47. The second kappa shape index (κ2) is 9.23. The molecule has 2 aromatic carbocycles. The predicted molar refractivity (Wildman–Crippen MR) is 92.1 cm³/mol. The summed E-state index contributed by atoms with van der Waals surface area (Å²) in [5.41, 5.74) is 8.04. The lowest BCUT2D eigenvalue weighted by atomic mass is 10.0. The molecule has 3 nitrogen and oxygen atoms in total. The monoisotopic (exact) mass is 298 g/mol. The van der Waals surface area contributed by atoms with Gasteiger partial charge in [0.15, 0.2) is 0 Å². The fourth-order valence-electron chi connectivity index (χ4n) is 2.44. The average molecular weight is 298 g/mol. The van der Waals surface area contributed by atoms with Crippen molar-refractivity contribution in [3.63, 3.8) is 0 Å². The first kappa shape index (κ1) is 16.5. The molecule has 118 valence electrons. The van der Waals surface area contributed by atoms with Crippen molar-refractivity contribution in [1.82, 2.24) is 5.32 Å². The van der Waals surface area contributed by atoms with Gasteiger partial charge in [-0.1, -0.05) is 49.4 Å². The smallest absolute Gasteiger partial charge is 0.120 e. The quantitative estimate of drug-likeness (QED) is 0.747. The molecule has 0 saturated carbocycles. The molecule has 0 spiro atoms. The van der Waals surface area contributed by atoms with Gasteiger partial charge in [0, 0.05) is 19.1 Å². The van der Waals surface area contributed by atoms with E-state index in [4.69, 9.17) is 10.5 Å². The molecule has 0 radical (unpaired) electrons. The molecule has 0 amide bonds. The lowest BCUT2D eigenvalue weighted by molar-refractivity contribution is 0.306. The normalized spacial score (nSPS) is 12.1. The van der Waals surface area contributed by atoms with Crippen LogP contribution >= 0.6 is 0 Å². The summed E-state index contributed by atoms with van der Waals surface area (Å²) in [6.07, 6.45) is 2.09. The number of rotatable bonds is 9. The molecule has 0 aromatic heterocycles. The van der Waals surface area contributed by atoms with Crippen LogP contribution in [0.1, 0.15) is 24.5 Å². The van der Waals surface area contributed by atoms with Crippen molar-refractivity contribution in [1.29, 1.82) is 0 Å². The van der Waals surface area contributed by atoms with E-state index in [1.165, 1.54) is 11.1 Å². The van der Waals surface area contributed by atoms with Gasteiger partial charge in [-0.15, -0.1) is 0 Å². The van der Waals surface area contributed by atoms with Gasteiger partial charge in [-0.05, 0) is 36.1 Å². The van der Waals surface area contributed by atoms with E-state index in [1.54, 1.807) is 0 Å². The molecule has 0 fully saturated rings. The number of hydrogen-bond acceptors (Lipinski definition) is 3. The van der Waals surface area contributed by atoms with Crippen LogP contribution in [0.4, 0.5) is 0 Å². The minimum Gasteiger partial charge on any atom is -0.489 e. The number of benzene rings is 2. The Balaban J connectivity index is 1.91. The summed E-state index contributed by atoms with van der Waals surface area (Å²) < 4.78 is 5.89. The molecule has 0 bridgehead atoms. The van der Waals surface area contributed by atoms with E-state index >= 15 is 0 Å². The van der Waals surface area contributed by atoms with Gasteiger partial charge >= 0.3 is 0 Å². The first-order chi connectivity index (χ1) is 10.8. The van der Waals surface area contributed by atoms with Crippen LogP contribution in [0.2, 0.25) is 0 Å². The van der Waals surface area contributed by atoms with E-state index < -0.39 is 0 Å². The van der Waals surface area contributed by atoms with Crippen LogP contribution in [0.3, 0.4) is 0 Å². The first-order valence-electron chi connectivity index (χ1n) is 8.01. The maximum atomic E-state index is 5.89. The van der Waals surface area contributed by atoms with Crippen LogP contribution in [-0.2, 0) is 13.0 Å². The van der Waals surface area contributed by atoms with Gasteiger partial charge in [0.05, 0.1) is 0 Å². The van der Waals surface area contributed by atoms with Crippen molar-refractivity contribution >= 4 is 0 Å². The molecule has 1 unspecified atom stereocenters. The van der Waals surface area contributed by atoms with Crippen molar-refractivity contribution < 1.29 is 4.74 Å². The maximum Gasteiger partial charge on any atom is 0.120 e. The highest BCUT2D eigenvalue weighted by Gasteiger charge is 2.07. The minimum atomic E-state index is 0.466. The van der Waals surface area contributed by atoms with Crippen LogP contribution < -0.4 is 15.8 Å². The van der Waals surface area contributed by atoms with E-state index in [0.29, 0.717) is 19.2 Å². The summed E-state index contributed by atoms with van der Waals surface area (Å²) in [5.74, 6) is 0.926. The molecule has 2 aromatic rings. The first-order valence-corrected chi connectivity index (χ1v) is 8.01.